The number of hydrogen-bond donors (Lipinski definition) is 2. The molecule has 1 unspecified atom stereocenters. The molecule has 8 heteroatoms. The van der Waals surface area contributed by atoms with Crippen molar-refractivity contribution in [2.45, 2.75) is 50.0 Å². The summed E-state index contributed by atoms with van der Waals surface area (Å²) in [6.45, 7) is 7.16. The average Bonchev–Trinajstić information content (AvgIpc) is 3.29. The zero-order valence-electron chi connectivity index (χ0n) is 19.7. The van der Waals surface area contributed by atoms with Crippen LogP contribution in [0, 0.1) is 0 Å². The second kappa shape index (κ2) is 11.2. The van der Waals surface area contributed by atoms with Gasteiger partial charge in [-0.3, -0.25) is 0 Å². The van der Waals surface area contributed by atoms with Crippen LogP contribution in [0.3, 0.4) is 0 Å². The number of carbonyl (C=O) groups is 2. The first kappa shape index (κ1) is 25.2. The minimum Gasteiger partial charge on any atom is -0.490 e. The third kappa shape index (κ3) is 7.05. The van der Waals surface area contributed by atoms with Crippen LogP contribution in [0.5, 0.6) is 5.75 Å². The molecule has 0 bridgehead atoms. The van der Waals surface area contributed by atoms with Gasteiger partial charge in [0.25, 0.3) is 0 Å². The Morgan fingerprint density at radius 1 is 1.12 bits per heavy atom. The Kier molecular flexibility index (Phi) is 8.28. The fourth-order valence-corrected chi connectivity index (χ4v) is 4.12. The molecule has 0 aliphatic rings. The number of aromatic carboxylic acids is 1. The molecular weight excluding hydrogens is 454 g/mol. The van der Waals surface area contributed by atoms with E-state index in [0.29, 0.717) is 22.4 Å². The summed E-state index contributed by atoms with van der Waals surface area (Å²) in [5, 5.41) is 12.8. The summed E-state index contributed by atoms with van der Waals surface area (Å²) in [5.74, 6) is -0.394. The quantitative estimate of drug-likeness (QED) is 0.348. The SMILES string of the molecule is CC(COc1c(-c2ccoc2)ccc(CSc2ccccc2)c1C(=O)O)NC(=O)OC(C)(C)C. The molecule has 0 spiro atoms. The lowest BCUT2D eigenvalue weighted by Crippen LogP contribution is -2.40. The molecule has 3 rings (SSSR count). The number of benzene rings is 2. The number of carbonyl (C=O) groups excluding carboxylic acids is 1. The Morgan fingerprint density at radius 2 is 1.85 bits per heavy atom. The molecule has 7 nitrogen and oxygen atoms in total. The van der Waals surface area contributed by atoms with Crippen LogP contribution in [-0.4, -0.2) is 35.4 Å². The molecule has 1 amide bonds. The molecular formula is C26H29NO6S. The lowest BCUT2D eigenvalue weighted by Gasteiger charge is -2.23. The number of ether oxygens (including phenoxy) is 2. The topological polar surface area (TPSA) is 98.0 Å². The van der Waals surface area contributed by atoms with E-state index >= 15 is 0 Å². The van der Waals surface area contributed by atoms with Crippen molar-refractivity contribution >= 4 is 23.8 Å². The Balaban J connectivity index is 1.86. The van der Waals surface area contributed by atoms with Gasteiger partial charge in [-0.2, -0.15) is 0 Å². The Bertz CT molecular complexity index is 1110. The van der Waals surface area contributed by atoms with Gasteiger partial charge in [0.2, 0.25) is 0 Å². The monoisotopic (exact) mass is 483 g/mol. The first-order valence-electron chi connectivity index (χ1n) is 10.9. The van der Waals surface area contributed by atoms with Crippen molar-refractivity contribution in [2.24, 2.45) is 0 Å². The third-order valence-corrected chi connectivity index (χ3v) is 5.73. The fraction of sp³-hybridized carbons (Fsp3) is 0.308. The second-order valence-electron chi connectivity index (χ2n) is 8.75. The highest BCUT2D eigenvalue weighted by molar-refractivity contribution is 7.98. The predicted octanol–water partition coefficient (Wildman–Crippen LogP) is 6.23. The molecule has 0 saturated heterocycles. The second-order valence-corrected chi connectivity index (χ2v) is 9.80. The molecule has 2 N–H and O–H groups in total. The summed E-state index contributed by atoms with van der Waals surface area (Å²) >= 11 is 1.54. The van der Waals surface area contributed by atoms with Crippen LogP contribution in [0.2, 0.25) is 0 Å². The van der Waals surface area contributed by atoms with Crippen molar-refractivity contribution in [2.75, 3.05) is 6.61 Å². The molecule has 0 aliphatic carbocycles. The van der Waals surface area contributed by atoms with Crippen molar-refractivity contribution in [1.82, 2.24) is 5.32 Å². The van der Waals surface area contributed by atoms with Crippen molar-refractivity contribution in [3.63, 3.8) is 0 Å². The zero-order valence-corrected chi connectivity index (χ0v) is 20.5. The van der Waals surface area contributed by atoms with E-state index in [0.717, 1.165) is 4.90 Å². The van der Waals surface area contributed by atoms with Gasteiger partial charge in [-0.05, 0) is 51.5 Å². The summed E-state index contributed by atoms with van der Waals surface area (Å²) in [6.07, 6.45) is 2.49. The molecule has 0 aliphatic heterocycles. The van der Waals surface area contributed by atoms with E-state index in [9.17, 15) is 14.7 Å². The number of amides is 1. The van der Waals surface area contributed by atoms with Crippen LogP contribution in [0.15, 0.2) is 70.4 Å². The molecule has 0 saturated carbocycles. The molecule has 34 heavy (non-hydrogen) atoms. The lowest BCUT2D eigenvalue weighted by atomic mass is 9.99. The number of alkyl carbamates (subject to hydrolysis) is 1. The minimum atomic E-state index is -1.09. The maximum Gasteiger partial charge on any atom is 0.407 e. The highest BCUT2D eigenvalue weighted by Gasteiger charge is 2.24. The maximum absolute atomic E-state index is 12.4. The number of furan rings is 1. The lowest BCUT2D eigenvalue weighted by molar-refractivity contribution is 0.0491. The van der Waals surface area contributed by atoms with Gasteiger partial charge < -0.3 is 24.3 Å². The molecule has 1 aromatic heterocycles. The van der Waals surface area contributed by atoms with Gasteiger partial charge in [0, 0.05) is 21.8 Å². The zero-order chi connectivity index (χ0) is 24.7. The van der Waals surface area contributed by atoms with E-state index in [1.807, 2.05) is 36.4 Å². The Labute approximate surface area is 203 Å². The van der Waals surface area contributed by atoms with E-state index in [1.165, 1.54) is 12.5 Å². The summed E-state index contributed by atoms with van der Waals surface area (Å²) < 4.78 is 16.5. The normalized spacial score (nSPS) is 12.1. The van der Waals surface area contributed by atoms with Crippen LogP contribution >= 0.6 is 11.8 Å². The smallest absolute Gasteiger partial charge is 0.407 e. The standard InChI is InChI=1S/C26H29NO6S/c1-17(27-25(30)33-26(2,3)4)14-32-23-21(18-12-13-31-15-18)11-10-19(22(23)24(28)29)16-34-20-8-6-5-7-9-20/h5-13,15,17H,14,16H2,1-4H3,(H,27,30)(H,28,29). The number of hydrogen-bond acceptors (Lipinski definition) is 6. The molecule has 0 fully saturated rings. The highest BCUT2D eigenvalue weighted by atomic mass is 32.2. The van der Waals surface area contributed by atoms with Gasteiger partial charge in [0.1, 0.15) is 23.5 Å². The number of rotatable bonds is 9. The van der Waals surface area contributed by atoms with Gasteiger partial charge in [0.15, 0.2) is 0 Å². The van der Waals surface area contributed by atoms with Crippen molar-refractivity contribution in [3.8, 4) is 16.9 Å². The van der Waals surface area contributed by atoms with Gasteiger partial charge in [-0.15, -0.1) is 11.8 Å². The van der Waals surface area contributed by atoms with Crippen molar-refractivity contribution in [3.05, 3.63) is 72.2 Å². The Morgan fingerprint density at radius 3 is 2.47 bits per heavy atom. The molecule has 1 heterocycles. The number of nitrogens with one attached hydrogen (secondary N) is 1. The van der Waals surface area contributed by atoms with Crippen molar-refractivity contribution < 1.29 is 28.6 Å². The van der Waals surface area contributed by atoms with E-state index in [-0.39, 0.29) is 17.9 Å². The molecule has 180 valence electrons. The molecule has 3 aromatic rings. The van der Waals surface area contributed by atoms with E-state index in [2.05, 4.69) is 5.32 Å². The minimum absolute atomic E-state index is 0.0552. The largest absolute Gasteiger partial charge is 0.490 e. The summed E-state index contributed by atoms with van der Waals surface area (Å²) in [5.41, 5.74) is 1.40. The maximum atomic E-state index is 12.4. The van der Waals surface area contributed by atoms with E-state index in [4.69, 9.17) is 13.9 Å². The van der Waals surface area contributed by atoms with Crippen LogP contribution in [0.1, 0.15) is 43.6 Å². The molecule has 2 aromatic carbocycles. The fourth-order valence-electron chi connectivity index (χ4n) is 3.21. The third-order valence-electron chi connectivity index (χ3n) is 4.67. The average molecular weight is 484 g/mol. The number of carboxylic acid groups (broad SMARTS) is 1. The summed E-state index contributed by atoms with van der Waals surface area (Å²) in [4.78, 5) is 25.5. The van der Waals surface area contributed by atoms with E-state index in [1.54, 1.807) is 51.6 Å². The molecule has 1 atom stereocenters. The summed E-state index contributed by atoms with van der Waals surface area (Å²) in [7, 11) is 0. The first-order valence-corrected chi connectivity index (χ1v) is 11.8. The summed E-state index contributed by atoms with van der Waals surface area (Å²) in [6, 6.07) is 14.7. The first-order chi connectivity index (χ1) is 16.1. The number of thioether (sulfide) groups is 1. The van der Waals surface area contributed by atoms with Crippen molar-refractivity contribution in [1.29, 1.82) is 0 Å². The van der Waals surface area contributed by atoms with Crippen LogP contribution in [0.25, 0.3) is 11.1 Å². The van der Waals surface area contributed by atoms with E-state index < -0.39 is 23.7 Å². The molecule has 0 radical (unpaired) electrons. The Hall–Kier alpha value is -3.39. The van der Waals surface area contributed by atoms with Gasteiger partial charge in [-0.1, -0.05) is 30.3 Å². The van der Waals surface area contributed by atoms with Crippen LogP contribution < -0.4 is 10.1 Å². The number of carboxylic acids is 1. The van der Waals surface area contributed by atoms with Gasteiger partial charge in [0.05, 0.1) is 18.6 Å². The van der Waals surface area contributed by atoms with Crippen LogP contribution in [0.4, 0.5) is 4.79 Å². The van der Waals surface area contributed by atoms with Gasteiger partial charge >= 0.3 is 12.1 Å². The predicted molar refractivity (Wildman–Crippen MR) is 131 cm³/mol. The van der Waals surface area contributed by atoms with Crippen LogP contribution in [-0.2, 0) is 10.5 Å². The van der Waals surface area contributed by atoms with Gasteiger partial charge in [-0.25, -0.2) is 9.59 Å². The highest BCUT2D eigenvalue weighted by Crippen LogP contribution is 2.38.